The number of aromatic nitrogens is 7. The number of anilines is 3. The summed E-state index contributed by atoms with van der Waals surface area (Å²) in [6.07, 6.45) is 5.61. The first-order valence-electron chi connectivity index (χ1n) is 13.7. The SMILES string of the molecule is CN(C(=O)C1CC1)c1cnc(C(=CN)Oc2cnc3nc(Nc4cc(C(F)(F)F)cn(-c5cccnc5)c4=O)n(C)c3c2Cl)cn1. The number of hydrogen-bond acceptors (Lipinski definition) is 10. The summed E-state index contributed by atoms with van der Waals surface area (Å²) in [6.45, 7) is 0. The predicted molar refractivity (Wildman–Crippen MR) is 163 cm³/mol. The molecule has 5 heterocycles. The van der Waals surface area contributed by atoms with Gasteiger partial charge in [-0.05, 0) is 31.0 Å². The van der Waals surface area contributed by atoms with Crippen LogP contribution in [-0.4, -0.2) is 47.0 Å². The predicted octanol–water partition coefficient (Wildman–Crippen LogP) is 4.43. The summed E-state index contributed by atoms with van der Waals surface area (Å²) in [7, 11) is 3.16. The van der Waals surface area contributed by atoms with E-state index in [0.29, 0.717) is 18.1 Å². The molecule has 1 fully saturated rings. The minimum Gasteiger partial charge on any atom is -0.450 e. The van der Waals surface area contributed by atoms with E-state index in [1.807, 2.05) is 0 Å². The first kappa shape index (κ1) is 30.5. The van der Waals surface area contributed by atoms with Crippen LogP contribution >= 0.6 is 11.6 Å². The molecule has 1 aliphatic rings. The lowest BCUT2D eigenvalue weighted by Crippen LogP contribution is -2.28. The highest BCUT2D eigenvalue weighted by Gasteiger charge is 2.34. The van der Waals surface area contributed by atoms with E-state index in [2.05, 4.69) is 30.2 Å². The molecule has 6 rings (SSSR count). The summed E-state index contributed by atoms with van der Waals surface area (Å²) >= 11 is 6.69. The molecule has 0 aromatic carbocycles. The molecular weight excluding hydrogens is 629 g/mol. The maximum atomic E-state index is 13.8. The quantitative estimate of drug-likeness (QED) is 0.230. The van der Waals surface area contributed by atoms with Crippen LogP contribution in [-0.2, 0) is 18.0 Å². The number of carbonyl (C=O) groups excluding carboxylic acids is 1. The first-order chi connectivity index (χ1) is 22.0. The van der Waals surface area contributed by atoms with Crippen molar-refractivity contribution in [2.75, 3.05) is 17.3 Å². The zero-order chi connectivity index (χ0) is 32.7. The average Bonchev–Trinajstić information content (AvgIpc) is 3.85. The summed E-state index contributed by atoms with van der Waals surface area (Å²) in [4.78, 5) is 48.2. The number of nitrogens with zero attached hydrogens (tertiary/aromatic N) is 8. The van der Waals surface area contributed by atoms with Gasteiger partial charge in [-0.1, -0.05) is 11.6 Å². The fourth-order valence-corrected chi connectivity index (χ4v) is 4.86. The Morgan fingerprint density at radius 3 is 2.61 bits per heavy atom. The number of fused-ring (bicyclic) bond motifs is 1. The monoisotopic (exact) mass is 652 g/mol. The van der Waals surface area contributed by atoms with Crippen molar-refractivity contribution in [3.63, 3.8) is 0 Å². The maximum absolute atomic E-state index is 13.8. The van der Waals surface area contributed by atoms with Crippen molar-refractivity contribution >= 4 is 51.9 Å². The van der Waals surface area contributed by atoms with Crippen LogP contribution in [0, 0.1) is 5.92 Å². The molecule has 46 heavy (non-hydrogen) atoms. The molecule has 5 aromatic heterocycles. The van der Waals surface area contributed by atoms with E-state index in [-0.39, 0.29) is 56.8 Å². The van der Waals surface area contributed by atoms with Crippen LogP contribution in [0.5, 0.6) is 5.75 Å². The smallest absolute Gasteiger partial charge is 0.417 e. The summed E-state index contributed by atoms with van der Waals surface area (Å²) < 4.78 is 49.6. The van der Waals surface area contributed by atoms with E-state index < -0.39 is 23.0 Å². The van der Waals surface area contributed by atoms with Gasteiger partial charge >= 0.3 is 6.18 Å². The third-order valence-electron chi connectivity index (χ3n) is 7.18. The van der Waals surface area contributed by atoms with Crippen LogP contribution in [0.3, 0.4) is 0 Å². The van der Waals surface area contributed by atoms with Gasteiger partial charge in [-0.3, -0.25) is 24.0 Å². The molecule has 0 radical (unpaired) electrons. The number of ether oxygens (including phenoxy) is 1. The largest absolute Gasteiger partial charge is 0.450 e. The van der Waals surface area contributed by atoms with E-state index in [1.165, 1.54) is 59.6 Å². The zero-order valence-electron chi connectivity index (χ0n) is 24.2. The number of rotatable bonds is 8. The second kappa shape index (κ2) is 11.8. The Labute approximate surface area is 263 Å². The van der Waals surface area contributed by atoms with Gasteiger partial charge in [0.25, 0.3) is 5.56 Å². The molecule has 0 unspecified atom stereocenters. The third kappa shape index (κ3) is 5.81. The van der Waals surface area contributed by atoms with E-state index in [9.17, 15) is 22.8 Å². The topological polar surface area (TPSA) is 159 Å². The fourth-order valence-electron chi connectivity index (χ4n) is 4.56. The van der Waals surface area contributed by atoms with Gasteiger partial charge in [-0.25, -0.2) is 15.0 Å². The van der Waals surface area contributed by atoms with E-state index in [1.54, 1.807) is 7.05 Å². The molecular formula is C29H24ClF3N10O3. The minimum absolute atomic E-state index is 0.0113. The van der Waals surface area contributed by atoms with Crippen molar-refractivity contribution in [1.29, 1.82) is 0 Å². The zero-order valence-corrected chi connectivity index (χ0v) is 24.9. The van der Waals surface area contributed by atoms with Crippen molar-refractivity contribution in [1.82, 2.24) is 34.1 Å². The Morgan fingerprint density at radius 1 is 1.20 bits per heavy atom. The Hall–Kier alpha value is -5.51. The lowest BCUT2D eigenvalue weighted by molar-refractivity contribution is -0.138. The molecule has 236 valence electrons. The van der Waals surface area contributed by atoms with Crippen molar-refractivity contribution in [2.45, 2.75) is 19.0 Å². The van der Waals surface area contributed by atoms with Gasteiger partial charge in [0.1, 0.15) is 21.9 Å². The second-order valence-electron chi connectivity index (χ2n) is 10.3. The summed E-state index contributed by atoms with van der Waals surface area (Å²) in [5, 5.41) is 2.74. The van der Waals surface area contributed by atoms with Gasteiger partial charge in [-0.2, -0.15) is 18.2 Å². The van der Waals surface area contributed by atoms with Crippen molar-refractivity contribution in [3.8, 4) is 11.4 Å². The fraction of sp³-hybridized carbons (Fsp3) is 0.207. The highest BCUT2D eigenvalue weighted by atomic mass is 35.5. The lowest BCUT2D eigenvalue weighted by atomic mass is 10.2. The van der Waals surface area contributed by atoms with E-state index in [4.69, 9.17) is 22.1 Å². The second-order valence-corrected chi connectivity index (χ2v) is 10.7. The highest BCUT2D eigenvalue weighted by molar-refractivity contribution is 6.36. The average molecular weight is 653 g/mol. The molecule has 13 nitrogen and oxygen atoms in total. The van der Waals surface area contributed by atoms with Gasteiger partial charge in [0.15, 0.2) is 23.0 Å². The number of nitrogens with two attached hydrogens (primary N) is 1. The highest BCUT2D eigenvalue weighted by Crippen LogP contribution is 2.36. The summed E-state index contributed by atoms with van der Waals surface area (Å²) in [5.74, 6) is 0.468. The Bertz CT molecular complexity index is 2040. The van der Waals surface area contributed by atoms with Crippen LogP contribution in [0.25, 0.3) is 22.6 Å². The maximum Gasteiger partial charge on any atom is 0.417 e. The minimum atomic E-state index is -4.75. The third-order valence-corrected chi connectivity index (χ3v) is 7.55. The van der Waals surface area contributed by atoms with Crippen molar-refractivity contribution < 1.29 is 22.7 Å². The molecule has 0 saturated heterocycles. The number of hydrogen-bond donors (Lipinski definition) is 2. The van der Waals surface area contributed by atoms with Gasteiger partial charge in [0.2, 0.25) is 11.9 Å². The first-order valence-corrected chi connectivity index (χ1v) is 14.1. The number of carbonyl (C=O) groups is 1. The van der Waals surface area contributed by atoms with Gasteiger partial charge < -0.3 is 20.4 Å². The molecule has 0 bridgehead atoms. The molecule has 1 aliphatic carbocycles. The van der Waals surface area contributed by atoms with E-state index in [0.717, 1.165) is 23.6 Å². The number of halogens is 4. The number of pyridine rings is 3. The summed E-state index contributed by atoms with van der Waals surface area (Å²) in [5.41, 5.74) is 4.33. The number of aryl methyl sites for hydroxylation is 1. The molecule has 5 aromatic rings. The Kier molecular flexibility index (Phi) is 7.81. The lowest BCUT2D eigenvalue weighted by Gasteiger charge is -2.16. The normalized spacial score (nSPS) is 13.6. The standard InChI is InChI=1S/C29H24ClF3N10O3/c1-41(26(44)15-5-6-15)22-13-36-19(11-37-22)20(9-34)46-21-12-38-25-24(23(21)30)42(2)28(40-25)39-18-8-16(29(31,32)33)14-43(27(18)45)17-4-3-7-35-10-17/h3-4,7-15H,5-6,34H2,1-2H3,(H,38,39,40). The molecule has 1 amide bonds. The van der Waals surface area contributed by atoms with Crippen LogP contribution in [0.4, 0.5) is 30.6 Å². The molecule has 0 aliphatic heterocycles. The van der Waals surface area contributed by atoms with E-state index >= 15 is 0 Å². The van der Waals surface area contributed by atoms with Crippen LogP contribution in [0.2, 0.25) is 5.02 Å². The van der Waals surface area contributed by atoms with Crippen LogP contribution in [0.15, 0.2) is 66.4 Å². The van der Waals surface area contributed by atoms with Crippen molar-refractivity contribution in [3.05, 3.63) is 88.2 Å². The number of amides is 1. The molecule has 0 spiro atoms. The Balaban J connectivity index is 1.30. The van der Waals surface area contributed by atoms with Crippen LogP contribution in [0.1, 0.15) is 24.1 Å². The summed E-state index contributed by atoms with van der Waals surface area (Å²) in [6, 6.07) is 3.65. The van der Waals surface area contributed by atoms with Gasteiger partial charge in [-0.15, -0.1) is 0 Å². The molecule has 17 heteroatoms. The molecule has 1 saturated carbocycles. The molecule has 3 N–H and O–H groups in total. The number of nitrogens with one attached hydrogen (secondary N) is 1. The van der Waals surface area contributed by atoms with Crippen LogP contribution < -0.4 is 26.2 Å². The van der Waals surface area contributed by atoms with Crippen molar-refractivity contribution in [2.24, 2.45) is 18.7 Å². The van der Waals surface area contributed by atoms with Gasteiger partial charge in [0.05, 0.1) is 36.0 Å². The Morgan fingerprint density at radius 2 is 1.98 bits per heavy atom. The van der Waals surface area contributed by atoms with Gasteiger partial charge in [0, 0.05) is 38.6 Å². The number of alkyl halides is 3. The molecule has 0 atom stereocenters. The number of imidazole rings is 1.